The van der Waals surface area contributed by atoms with E-state index in [0.29, 0.717) is 0 Å². The van der Waals surface area contributed by atoms with Crippen LogP contribution in [0.2, 0.25) is 0 Å². The summed E-state index contributed by atoms with van der Waals surface area (Å²) in [6.45, 7) is 5.86. The third-order valence-corrected chi connectivity index (χ3v) is 9.73. The minimum atomic E-state index is -4.20. The summed E-state index contributed by atoms with van der Waals surface area (Å²) in [5, 5.41) is 0. The summed E-state index contributed by atoms with van der Waals surface area (Å²) in [6, 6.07) is 65.9. The second-order valence-corrected chi connectivity index (χ2v) is 15.6. The molecule has 6 aromatic carbocycles. The van der Waals surface area contributed by atoms with E-state index in [2.05, 4.69) is 111 Å². The summed E-state index contributed by atoms with van der Waals surface area (Å²) in [5.74, 6) is 5.23. The third kappa shape index (κ3) is 14.8. The van der Waals surface area contributed by atoms with E-state index in [4.69, 9.17) is 27.7 Å². The number of benzene rings is 6. The van der Waals surface area contributed by atoms with Gasteiger partial charge >= 0.3 is 53.1 Å². The van der Waals surface area contributed by atoms with Crippen molar-refractivity contribution in [1.82, 2.24) is 0 Å². The van der Waals surface area contributed by atoms with Crippen molar-refractivity contribution < 1.29 is 32.4 Å². The summed E-state index contributed by atoms with van der Waals surface area (Å²) in [4.78, 5) is 0. The number of hydrogen-bond donors (Lipinski definition) is 0. The molecule has 0 unspecified atom stereocenters. The molecule has 0 amide bonds. The molecular formula is C54H50FO7Sb. The number of rotatable bonds is 14. The molecule has 0 atom stereocenters. The van der Waals surface area contributed by atoms with Crippen LogP contribution >= 0.6 is 0 Å². The second kappa shape index (κ2) is 25.5. The van der Waals surface area contributed by atoms with E-state index >= 15 is 0 Å². The van der Waals surface area contributed by atoms with Gasteiger partial charge in [0.1, 0.15) is 11.5 Å². The van der Waals surface area contributed by atoms with Gasteiger partial charge in [-0.15, -0.1) is 0 Å². The Labute approximate surface area is 377 Å². The zero-order valence-electron chi connectivity index (χ0n) is 35.4. The van der Waals surface area contributed by atoms with Crippen LogP contribution in [0.3, 0.4) is 0 Å². The zero-order chi connectivity index (χ0) is 43.4. The van der Waals surface area contributed by atoms with Crippen molar-refractivity contribution in [2.45, 2.75) is 39.5 Å². The number of halogens is 1. The second-order valence-electron chi connectivity index (χ2n) is 14.3. The fourth-order valence-corrected chi connectivity index (χ4v) is 6.47. The molecule has 0 saturated heterocycles. The Morgan fingerprint density at radius 3 is 0.889 bits per heavy atom. The Morgan fingerprint density at radius 2 is 0.651 bits per heavy atom. The quantitative estimate of drug-likeness (QED) is 0.0608. The summed E-state index contributed by atoms with van der Waals surface area (Å²) in [5.41, 5.74) is 8.76. The number of unbranched alkanes of at least 4 members (excludes halogenated alkanes) is 2. The Bertz CT molecular complexity index is 2320. The standard InChI is InChI=1S/2C27H25O2.FH.3O.Sb/c2*1-2-3-18-28-25-16-14-21(15-17-25)24-19-26(22-10-6-4-7-11-22)29-27(20-24)23-12-8-5-9-13-23;;;;;/h2*4-17,19-20H,2-3,18H2,1H3;1H;;;;/q2*+1;;;;-1;/p-1. The molecule has 0 spiro atoms. The molecule has 0 radical (unpaired) electrons. The fraction of sp³-hybridized carbons (Fsp3) is 0.148. The Balaban J connectivity index is 0.000000216. The van der Waals surface area contributed by atoms with Gasteiger partial charge in [0.25, 0.3) is 0 Å². The van der Waals surface area contributed by atoms with Crippen LogP contribution in [-0.4, -0.2) is 33.8 Å². The molecule has 0 N–H and O–H groups in total. The predicted molar refractivity (Wildman–Crippen MR) is 247 cm³/mol. The molecule has 9 heteroatoms. The van der Waals surface area contributed by atoms with Gasteiger partial charge in [0.05, 0.1) is 59.7 Å². The van der Waals surface area contributed by atoms with Crippen molar-refractivity contribution in [2.24, 2.45) is 0 Å². The van der Waals surface area contributed by atoms with Crippen molar-refractivity contribution in [1.29, 1.82) is 0 Å². The average Bonchev–Trinajstić information content (AvgIpc) is 3.33. The first-order valence-corrected chi connectivity index (χ1v) is 24.0. The molecule has 8 rings (SSSR count). The van der Waals surface area contributed by atoms with Crippen LogP contribution in [0.15, 0.2) is 203 Å². The Morgan fingerprint density at radius 1 is 0.397 bits per heavy atom. The topological polar surface area (TPSA) is 98.3 Å². The van der Waals surface area contributed by atoms with E-state index in [1.54, 1.807) is 0 Å². The predicted octanol–water partition coefficient (Wildman–Crippen LogP) is 10.7. The van der Waals surface area contributed by atoms with Gasteiger partial charge in [0, 0.05) is 11.1 Å². The Kier molecular flexibility index (Phi) is 19.2. The molecule has 0 fully saturated rings. The zero-order valence-corrected chi connectivity index (χ0v) is 38.0. The van der Waals surface area contributed by atoms with E-state index in [9.17, 15) is 0 Å². The van der Waals surface area contributed by atoms with Gasteiger partial charge in [0.15, 0.2) is 0 Å². The molecule has 0 aliphatic heterocycles. The van der Waals surface area contributed by atoms with Crippen LogP contribution in [0.1, 0.15) is 39.5 Å². The molecule has 7 nitrogen and oxygen atoms in total. The van der Waals surface area contributed by atoms with Crippen LogP contribution in [0.25, 0.3) is 67.5 Å². The molecule has 2 heterocycles. The first-order chi connectivity index (χ1) is 30.4. The van der Waals surface area contributed by atoms with Crippen LogP contribution < -0.4 is 17.6 Å². The van der Waals surface area contributed by atoms with Crippen LogP contribution in [0.5, 0.6) is 11.5 Å². The molecule has 0 bridgehead atoms. The maximum absolute atomic E-state index is 8.60. The van der Waals surface area contributed by atoms with Gasteiger partial charge in [0.2, 0.25) is 0 Å². The van der Waals surface area contributed by atoms with E-state index in [-0.39, 0.29) is 4.70 Å². The van der Waals surface area contributed by atoms with Gasteiger partial charge in [-0.3, -0.25) is 0 Å². The minimum absolute atomic E-state index is 0. The SMILES string of the molecule is CCCCOc1ccc(-c2cc(-c3ccccc3)[o+]c(-c3ccccc3)c2)cc1.CCCCOc1ccc(-c2cc(-c3ccccc3)[o+]c(-c3ccccc3)c2)cc1.[F-].[O]=[Sb](=[O])[O-]. The summed E-state index contributed by atoms with van der Waals surface area (Å²) in [6.07, 6.45) is 4.41. The van der Waals surface area contributed by atoms with E-state index < -0.39 is 20.6 Å². The molecule has 320 valence electrons. The van der Waals surface area contributed by atoms with Gasteiger partial charge in [-0.25, -0.2) is 8.83 Å². The molecule has 8 aromatic rings. The molecule has 0 saturated carbocycles. The van der Waals surface area contributed by atoms with E-state index in [1.807, 2.05) is 97.1 Å². The number of ether oxygens (including phenoxy) is 2. The normalized spacial score (nSPS) is 10.2. The van der Waals surface area contributed by atoms with E-state index in [0.717, 1.165) is 118 Å². The van der Waals surface area contributed by atoms with Crippen LogP contribution in [0.4, 0.5) is 0 Å². The summed E-state index contributed by atoms with van der Waals surface area (Å²) >= 11 is -4.20. The first-order valence-electron chi connectivity index (χ1n) is 20.9. The third-order valence-electron chi connectivity index (χ3n) is 9.73. The average molecular weight is 952 g/mol. The van der Waals surface area contributed by atoms with Gasteiger partial charge in [-0.2, -0.15) is 0 Å². The van der Waals surface area contributed by atoms with Gasteiger partial charge in [-0.1, -0.05) is 124 Å². The van der Waals surface area contributed by atoms with Crippen molar-refractivity contribution in [3.63, 3.8) is 0 Å². The van der Waals surface area contributed by atoms with Crippen molar-refractivity contribution in [3.05, 3.63) is 194 Å². The van der Waals surface area contributed by atoms with Crippen molar-refractivity contribution >= 4 is 20.6 Å². The van der Waals surface area contributed by atoms with Crippen LogP contribution in [0, 0.1) is 0 Å². The molecular weight excluding hydrogens is 901 g/mol. The molecule has 0 aliphatic carbocycles. The van der Waals surface area contributed by atoms with Gasteiger partial charge < -0.3 is 14.2 Å². The van der Waals surface area contributed by atoms with Crippen molar-refractivity contribution in [3.8, 4) is 79.0 Å². The van der Waals surface area contributed by atoms with Gasteiger partial charge in [-0.05, 0) is 96.8 Å². The molecule has 63 heavy (non-hydrogen) atoms. The molecule has 0 aliphatic rings. The summed E-state index contributed by atoms with van der Waals surface area (Å²) < 4.78 is 50.0. The Hall–Kier alpha value is -6.47. The molecule has 2 aromatic heterocycles. The number of hydrogen-bond acceptors (Lipinski definition) is 5. The monoisotopic (exact) mass is 950 g/mol. The van der Waals surface area contributed by atoms with E-state index in [1.165, 1.54) is 0 Å². The summed E-state index contributed by atoms with van der Waals surface area (Å²) in [7, 11) is 0. The van der Waals surface area contributed by atoms with Crippen LogP contribution in [-0.2, 0) is 6.03 Å². The fourth-order valence-electron chi connectivity index (χ4n) is 6.47. The van der Waals surface area contributed by atoms with Crippen molar-refractivity contribution in [2.75, 3.05) is 13.2 Å². The first kappa shape index (κ1) is 47.6. The maximum atomic E-state index is 8.60.